The van der Waals surface area contributed by atoms with E-state index in [4.69, 9.17) is 4.74 Å². The van der Waals surface area contributed by atoms with Crippen LogP contribution in [-0.2, 0) is 0 Å². The number of anilines is 2. The third-order valence-corrected chi connectivity index (χ3v) is 6.13. The maximum absolute atomic E-state index is 11.3. The largest absolute Gasteiger partial charge is 0.497 e. The highest BCUT2D eigenvalue weighted by atomic mass is 16.5. The summed E-state index contributed by atoms with van der Waals surface area (Å²) in [6, 6.07) is 19.1. The number of aromatic carboxylic acids is 1. The molecule has 4 rings (SSSR count). The maximum atomic E-state index is 11.3. The lowest BCUT2D eigenvalue weighted by Gasteiger charge is -2.38. The summed E-state index contributed by atoms with van der Waals surface area (Å²) in [5.74, 6) is -0.217. The van der Waals surface area contributed by atoms with E-state index in [9.17, 15) is 14.8 Å². The molecular formula is C27H31N3O4. The molecule has 1 aliphatic rings. The van der Waals surface area contributed by atoms with Crippen molar-refractivity contribution in [2.45, 2.75) is 20.8 Å². The van der Waals surface area contributed by atoms with Gasteiger partial charge in [-0.1, -0.05) is 29.8 Å². The fraction of sp³-hybridized carbons (Fsp3) is 0.296. The van der Waals surface area contributed by atoms with Crippen LogP contribution in [-0.4, -0.2) is 44.4 Å². The molecule has 0 radical (unpaired) electrons. The highest BCUT2D eigenvalue weighted by molar-refractivity contribution is 5.94. The molecule has 0 aliphatic carbocycles. The lowest BCUT2D eigenvalue weighted by molar-refractivity contribution is 0.0698. The van der Waals surface area contributed by atoms with E-state index in [-0.39, 0.29) is 11.3 Å². The molecule has 0 saturated carbocycles. The molecule has 0 unspecified atom stereocenters. The van der Waals surface area contributed by atoms with E-state index in [1.807, 2.05) is 24.3 Å². The number of carbonyl (C=O) groups is 1. The van der Waals surface area contributed by atoms with Crippen molar-refractivity contribution in [3.05, 3.63) is 87.8 Å². The zero-order chi connectivity index (χ0) is 24.7. The van der Waals surface area contributed by atoms with E-state index in [0.29, 0.717) is 0 Å². The van der Waals surface area contributed by atoms with E-state index in [1.165, 1.54) is 34.5 Å². The number of ether oxygens (including phenoxy) is 1. The number of aryl methyl sites for hydroxylation is 2. The van der Waals surface area contributed by atoms with E-state index in [2.05, 4.69) is 53.9 Å². The van der Waals surface area contributed by atoms with Crippen LogP contribution in [0.5, 0.6) is 5.75 Å². The van der Waals surface area contributed by atoms with Crippen LogP contribution in [0.25, 0.3) is 0 Å². The Balaban J connectivity index is 0.000000302. The van der Waals surface area contributed by atoms with Crippen molar-refractivity contribution < 1.29 is 14.6 Å². The van der Waals surface area contributed by atoms with Crippen LogP contribution in [0, 0.1) is 25.7 Å². The zero-order valence-electron chi connectivity index (χ0n) is 20.1. The number of piperazine rings is 1. The molecule has 0 atom stereocenters. The molecule has 1 saturated heterocycles. The van der Waals surface area contributed by atoms with Gasteiger partial charge >= 0.3 is 5.97 Å². The van der Waals surface area contributed by atoms with Gasteiger partial charge in [0.05, 0.1) is 12.7 Å². The van der Waals surface area contributed by atoms with Gasteiger partial charge in [-0.05, 0) is 73.5 Å². The molecule has 1 fully saturated rings. The number of carboxylic acid groups (broad SMARTS) is 1. The minimum atomic E-state index is -1.13. The quantitative estimate of drug-likeness (QED) is 0.489. The summed E-state index contributed by atoms with van der Waals surface area (Å²) in [5.41, 5.74) is 5.82. The molecule has 7 nitrogen and oxygen atoms in total. The van der Waals surface area contributed by atoms with Gasteiger partial charge in [0.2, 0.25) is 0 Å². The number of carboxylic acids is 1. The normalized spacial score (nSPS) is 13.1. The first-order valence-corrected chi connectivity index (χ1v) is 11.2. The van der Waals surface area contributed by atoms with Crippen LogP contribution in [0.4, 0.5) is 17.1 Å². The lowest BCUT2D eigenvalue weighted by atomic mass is 10.1. The van der Waals surface area contributed by atoms with Crippen LogP contribution < -0.4 is 14.5 Å². The van der Waals surface area contributed by atoms with E-state index in [1.54, 1.807) is 13.2 Å². The Kier molecular flexibility index (Phi) is 8.24. The summed E-state index contributed by atoms with van der Waals surface area (Å²) >= 11 is 0. The Hall–Kier alpha value is -3.87. The maximum Gasteiger partial charge on any atom is 0.338 e. The summed E-state index contributed by atoms with van der Waals surface area (Å²) in [6.07, 6.45) is 0. The highest BCUT2D eigenvalue weighted by Gasteiger charge is 2.21. The van der Waals surface area contributed by atoms with Gasteiger partial charge in [-0.15, -0.1) is 4.91 Å². The van der Waals surface area contributed by atoms with Crippen LogP contribution in [0.3, 0.4) is 0 Å². The fourth-order valence-corrected chi connectivity index (χ4v) is 3.93. The van der Waals surface area contributed by atoms with Crippen molar-refractivity contribution in [2.75, 3.05) is 43.1 Å². The van der Waals surface area contributed by atoms with E-state index in [0.717, 1.165) is 37.6 Å². The monoisotopic (exact) mass is 461 g/mol. The Bertz CT molecular complexity index is 1140. The van der Waals surface area contributed by atoms with Gasteiger partial charge in [0.1, 0.15) is 11.4 Å². The molecule has 0 bridgehead atoms. The van der Waals surface area contributed by atoms with Crippen molar-refractivity contribution in [2.24, 2.45) is 5.18 Å². The molecule has 0 spiro atoms. The van der Waals surface area contributed by atoms with Gasteiger partial charge in [-0.3, -0.25) is 0 Å². The summed E-state index contributed by atoms with van der Waals surface area (Å²) in [5, 5.41) is 12.0. The second-order valence-electron chi connectivity index (χ2n) is 8.31. The van der Waals surface area contributed by atoms with Gasteiger partial charge in [0.15, 0.2) is 0 Å². The summed E-state index contributed by atoms with van der Waals surface area (Å²) in [6.45, 7) is 9.62. The molecule has 3 aromatic rings. The molecule has 1 heterocycles. The fourth-order valence-electron chi connectivity index (χ4n) is 3.93. The number of nitroso groups, excluding NO2 is 1. The van der Waals surface area contributed by atoms with Crippen molar-refractivity contribution in [3.8, 4) is 5.75 Å². The minimum Gasteiger partial charge on any atom is -0.497 e. The molecule has 1 aliphatic heterocycles. The zero-order valence-corrected chi connectivity index (χ0v) is 20.1. The highest BCUT2D eigenvalue weighted by Crippen LogP contribution is 2.28. The van der Waals surface area contributed by atoms with E-state index < -0.39 is 5.97 Å². The molecule has 1 N–H and O–H groups in total. The lowest BCUT2D eigenvalue weighted by Crippen LogP contribution is -2.46. The Morgan fingerprint density at radius 1 is 0.912 bits per heavy atom. The average molecular weight is 462 g/mol. The van der Waals surface area contributed by atoms with Crippen LogP contribution in [0.2, 0.25) is 0 Å². The number of methoxy groups -OCH3 is 1. The average Bonchev–Trinajstić information content (AvgIpc) is 2.86. The number of nitrogens with zero attached hydrogens (tertiary/aromatic N) is 3. The predicted octanol–water partition coefficient (Wildman–Crippen LogP) is 5.73. The second-order valence-corrected chi connectivity index (χ2v) is 8.31. The van der Waals surface area contributed by atoms with Gasteiger partial charge in [-0.2, -0.15) is 0 Å². The topological polar surface area (TPSA) is 82.4 Å². The summed E-state index contributed by atoms with van der Waals surface area (Å²) in [4.78, 5) is 26.5. The smallest absolute Gasteiger partial charge is 0.338 e. The Morgan fingerprint density at radius 2 is 1.56 bits per heavy atom. The molecule has 7 heteroatoms. The van der Waals surface area contributed by atoms with Crippen molar-refractivity contribution in [1.82, 2.24) is 0 Å². The van der Waals surface area contributed by atoms with Gasteiger partial charge in [0, 0.05) is 37.6 Å². The molecule has 178 valence electrons. The van der Waals surface area contributed by atoms with E-state index >= 15 is 0 Å². The van der Waals surface area contributed by atoms with Crippen LogP contribution >= 0.6 is 0 Å². The molecule has 0 aromatic heterocycles. The predicted molar refractivity (Wildman–Crippen MR) is 137 cm³/mol. The van der Waals surface area contributed by atoms with Gasteiger partial charge in [-0.25, -0.2) is 4.79 Å². The van der Waals surface area contributed by atoms with Crippen molar-refractivity contribution in [1.29, 1.82) is 0 Å². The number of hydrogen-bond donors (Lipinski definition) is 1. The van der Waals surface area contributed by atoms with Crippen molar-refractivity contribution in [3.63, 3.8) is 0 Å². The standard InChI is InChI=1S/C19H21N3O3.C8H10O/c1-13-4-3-5-18(14(13)2)22-10-8-21(9-11-22)15-6-7-17(20-25)16(12-15)19(23)24;1-7-3-5-8(9-2)6-4-7/h3-7,12H,8-11H2,1-2H3,(H,23,24);3-6H,1-2H3. The summed E-state index contributed by atoms with van der Waals surface area (Å²) < 4.78 is 4.97. The second kappa shape index (κ2) is 11.3. The third-order valence-electron chi connectivity index (χ3n) is 6.13. The summed E-state index contributed by atoms with van der Waals surface area (Å²) in [7, 11) is 1.67. The van der Waals surface area contributed by atoms with Crippen molar-refractivity contribution >= 4 is 23.0 Å². The molecular weight excluding hydrogens is 430 g/mol. The number of rotatable bonds is 5. The number of hydrogen-bond acceptors (Lipinski definition) is 6. The van der Waals surface area contributed by atoms with Gasteiger partial charge < -0.3 is 19.6 Å². The first-order chi connectivity index (χ1) is 16.3. The number of benzene rings is 3. The molecule has 3 aromatic carbocycles. The van der Waals surface area contributed by atoms with Crippen LogP contribution in [0.15, 0.2) is 65.8 Å². The first-order valence-electron chi connectivity index (χ1n) is 11.2. The SMILES string of the molecule is COc1ccc(C)cc1.Cc1cccc(N2CCN(c3ccc(N=O)c(C(=O)O)c3)CC2)c1C. The molecule has 34 heavy (non-hydrogen) atoms. The van der Waals surface area contributed by atoms with Crippen LogP contribution in [0.1, 0.15) is 27.0 Å². The Labute approximate surface area is 200 Å². The minimum absolute atomic E-state index is 0.0368. The molecule has 0 amide bonds. The Morgan fingerprint density at radius 3 is 2.15 bits per heavy atom. The van der Waals surface area contributed by atoms with Gasteiger partial charge in [0.25, 0.3) is 0 Å². The first kappa shape index (κ1) is 24.8. The third kappa shape index (κ3) is 5.92.